The number of amides is 1. The summed E-state index contributed by atoms with van der Waals surface area (Å²) in [7, 11) is -3.67. The smallest absolute Gasteiger partial charge is 0.274 e. The van der Waals surface area contributed by atoms with E-state index in [4.69, 9.17) is 10.9 Å². The predicted octanol–water partition coefficient (Wildman–Crippen LogP) is -0.999. The van der Waals surface area contributed by atoms with Crippen molar-refractivity contribution < 1.29 is 13.2 Å². The molecule has 2 atom stereocenters. The van der Waals surface area contributed by atoms with E-state index in [0.717, 1.165) is 12.8 Å². The van der Waals surface area contributed by atoms with E-state index < -0.39 is 16.3 Å². The van der Waals surface area contributed by atoms with Crippen LogP contribution in [0.5, 0.6) is 0 Å². The van der Waals surface area contributed by atoms with E-state index in [-0.39, 0.29) is 24.3 Å². The molecule has 0 spiro atoms. The lowest BCUT2D eigenvalue weighted by atomic mass is 9.96. The number of likely N-dealkylation sites (tertiary alicyclic amines) is 1. The quantitative estimate of drug-likeness (QED) is 0.602. The van der Waals surface area contributed by atoms with Crippen LogP contribution in [0, 0.1) is 11.8 Å². The van der Waals surface area contributed by atoms with Crippen molar-refractivity contribution in [3.8, 4) is 0 Å². The second-order valence-electron chi connectivity index (χ2n) is 5.46. The minimum Gasteiger partial charge on any atom is -0.341 e. The first-order chi connectivity index (χ1) is 8.70. The van der Waals surface area contributed by atoms with E-state index in [2.05, 4.69) is 4.72 Å². The van der Waals surface area contributed by atoms with Crippen LogP contribution in [0.3, 0.4) is 0 Å². The van der Waals surface area contributed by atoms with Crippen LogP contribution in [-0.4, -0.2) is 44.9 Å². The summed E-state index contributed by atoms with van der Waals surface area (Å²) >= 11 is 0. The van der Waals surface area contributed by atoms with Gasteiger partial charge in [0.1, 0.15) is 0 Å². The number of nitrogens with two attached hydrogens (primary N) is 2. The van der Waals surface area contributed by atoms with E-state index in [1.54, 1.807) is 4.90 Å². The highest BCUT2D eigenvalue weighted by Crippen LogP contribution is 2.17. The third-order valence-electron chi connectivity index (χ3n) is 3.41. The van der Waals surface area contributed by atoms with Gasteiger partial charge in [-0.3, -0.25) is 4.79 Å². The lowest BCUT2D eigenvalue weighted by molar-refractivity contribution is -0.135. The second kappa shape index (κ2) is 6.65. The average molecular weight is 292 g/mol. The zero-order valence-corrected chi connectivity index (χ0v) is 12.3. The van der Waals surface area contributed by atoms with Gasteiger partial charge in [0, 0.05) is 19.6 Å². The van der Waals surface area contributed by atoms with E-state index >= 15 is 0 Å². The van der Waals surface area contributed by atoms with Gasteiger partial charge < -0.3 is 10.6 Å². The molecule has 1 aliphatic heterocycles. The fourth-order valence-corrected chi connectivity index (χ4v) is 2.63. The Labute approximate surface area is 114 Å². The van der Waals surface area contributed by atoms with Crippen molar-refractivity contribution in [2.75, 3.05) is 19.6 Å². The summed E-state index contributed by atoms with van der Waals surface area (Å²) in [6, 6.07) is -0.495. The first-order valence-corrected chi connectivity index (χ1v) is 8.07. The molecule has 0 aliphatic carbocycles. The van der Waals surface area contributed by atoms with Gasteiger partial charge in [-0.2, -0.15) is 8.42 Å². The van der Waals surface area contributed by atoms with Gasteiger partial charge in [0.25, 0.3) is 10.2 Å². The number of nitrogens with zero attached hydrogens (tertiary/aromatic N) is 1. The molecular weight excluding hydrogens is 268 g/mol. The molecule has 0 aromatic carbocycles. The molecule has 5 N–H and O–H groups in total. The maximum atomic E-state index is 12.1. The highest BCUT2D eigenvalue weighted by Gasteiger charge is 2.28. The Morgan fingerprint density at radius 3 is 2.63 bits per heavy atom. The molecule has 1 saturated heterocycles. The number of hydrogen-bond acceptors (Lipinski definition) is 4. The van der Waals surface area contributed by atoms with Crippen LogP contribution in [0.1, 0.15) is 26.7 Å². The van der Waals surface area contributed by atoms with Gasteiger partial charge in [0.2, 0.25) is 5.91 Å². The fourth-order valence-electron chi connectivity index (χ4n) is 2.16. The Morgan fingerprint density at radius 2 is 2.11 bits per heavy atom. The van der Waals surface area contributed by atoms with Crippen LogP contribution in [0.15, 0.2) is 0 Å². The van der Waals surface area contributed by atoms with E-state index in [1.807, 2.05) is 13.8 Å². The van der Waals surface area contributed by atoms with Gasteiger partial charge in [0.05, 0.1) is 6.04 Å². The van der Waals surface area contributed by atoms with Crippen molar-refractivity contribution >= 4 is 16.1 Å². The Morgan fingerprint density at radius 1 is 1.47 bits per heavy atom. The summed E-state index contributed by atoms with van der Waals surface area (Å²) in [6.07, 6.45) is 1.73. The van der Waals surface area contributed by atoms with Crippen molar-refractivity contribution in [2.24, 2.45) is 22.7 Å². The zero-order chi connectivity index (χ0) is 14.6. The first-order valence-electron chi connectivity index (χ1n) is 6.52. The van der Waals surface area contributed by atoms with Crippen LogP contribution < -0.4 is 15.6 Å². The summed E-state index contributed by atoms with van der Waals surface area (Å²) in [6.45, 7) is 5.30. The summed E-state index contributed by atoms with van der Waals surface area (Å²) in [5.74, 6) is 0.126. The van der Waals surface area contributed by atoms with E-state index in [0.29, 0.717) is 13.1 Å². The number of carbonyl (C=O) groups is 1. The molecule has 0 aromatic heterocycles. The van der Waals surface area contributed by atoms with Gasteiger partial charge in [-0.15, -0.1) is 0 Å². The average Bonchev–Trinajstić information content (AvgIpc) is 2.34. The molecule has 0 saturated carbocycles. The lowest BCUT2D eigenvalue weighted by Crippen LogP contribution is -2.51. The molecule has 1 amide bonds. The molecule has 0 bridgehead atoms. The Kier molecular flexibility index (Phi) is 5.72. The summed E-state index contributed by atoms with van der Waals surface area (Å²) in [4.78, 5) is 13.8. The van der Waals surface area contributed by atoms with Crippen LogP contribution in [-0.2, 0) is 15.0 Å². The normalized spacial score (nSPS) is 22.6. The summed E-state index contributed by atoms with van der Waals surface area (Å²) < 4.78 is 24.0. The lowest BCUT2D eigenvalue weighted by Gasteiger charge is -2.35. The van der Waals surface area contributed by atoms with Gasteiger partial charge in [-0.05, 0) is 24.7 Å². The molecule has 1 heterocycles. The first kappa shape index (κ1) is 16.4. The second-order valence-corrected chi connectivity index (χ2v) is 6.83. The summed E-state index contributed by atoms with van der Waals surface area (Å²) in [5.41, 5.74) is 5.86. The molecule has 1 fully saturated rings. The third kappa shape index (κ3) is 5.43. The number of carbonyl (C=O) groups excluding carboxylic acids is 1. The number of piperidine rings is 1. The van der Waals surface area contributed by atoms with Crippen molar-refractivity contribution in [3.05, 3.63) is 0 Å². The fraction of sp³-hybridized carbons (Fsp3) is 0.909. The third-order valence-corrected chi connectivity index (χ3v) is 3.98. The van der Waals surface area contributed by atoms with E-state index in [9.17, 15) is 13.2 Å². The van der Waals surface area contributed by atoms with Crippen LogP contribution >= 0.6 is 0 Å². The minimum absolute atomic E-state index is 0.0599. The molecular formula is C11H24N4O3S. The van der Waals surface area contributed by atoms with Crippen LogP contribution in [0.4, 0.5) is 0 Å². The van der Waals surface area contributed by atoms with Gasteiger partial charge in [0.15, 0.2) is 0 Å². The topological polar surface area (TPSA) is 119 Å². The number of rotatable bonds is 5. The Balaban J connectivity index is 2.52. The zero-order valence-electron chi connectivity index (χ0n) is 11.5. The monoisotopic (exact) mass is 292 g/mol. The van der Waals surface area contributed by atoms with Crippen molar-refractivity contribution in [1.29, 1.82) is 0 Å². The number of hydrogen-bond donors (Lipinski definition) is 3. The van der Waals surface area contributed by atoms with Gasteiger partial charge >= 0.3 is 0 Å². The standard InChI is InChI=1S/C11H24N4O3S/c1-8(2)10(12)11(16)15-5-3-4-9(7-15)6-14-19(13,17)18/h8-10,14H,3-7,12H2,1-2H3,(H2,13,17,18)/t9?,10-/m1/s1. The molecule has 1 aliphatic rings. The molecule has 7 nitrogen and oxygen atoms in total. The Hall–Kier alpha value is -0.700. The highest BCUT2D eigenvalue weighted by atomic mass is 32.2. The van der Waals surface area contributed by atoms with Crippen LogP contribution in [0.25, 0.3) is 0 Å². The summed E-state index contributed by atoms with van der Waals surface area (Å²) in [5, 5.41) is 4.90. The molecule has 8 heteroatoms. The van der Waals surface area contributed by atoms with E-state index in [1.165, 1.54) is 0 Å². The van der Waals surface area contributed by atoms with Gasteiger partial charge in [-0.1, -0.05) is 13.8 Å². The minimum atomic E-state index is -3.67. The van der Waals surface area contributed by atoms with Gasteiger partial charge in [-0.25, -0.2) is 9.86 Å². The Bertz CT molecular complexity index is 410. The molecule has 19 heavy (non-hydrogen) atoms. The van der Waals surface area contributed by atoms with Crippen molar-refractivity contribution in [2.45, 2.75) is 32.7 Å². The maximum Gasteiger partial charge on any atom is 0.274 e. The number of nitrogens with one attached hydrogen (secondary N) is 1. The maximum absolute atomic E-state index is 12.1. The molecule has 0 aromatic rings. The SMILES string of the molecule is CC(C)[C@@H](N)C(=O)N1CCCC(CNS(N)(=O)=O)C1. The molecule has 0 radical (unpaired) electrons. The van der Waals surface area contributed by atoms with Crippen molar-refractivity contribution in [3.63, 3.8) is 0 Å². The molecule has 1 rings (SSSR count). The van der Waals surface area contributed by atoms with Crippen molar-refractivity contribution in [1.82, 2.24) is 9.62 Å². The molecule has 1 unspecified atom stereocenters. The van der Waals surface area contributed by atoms with Crippen LogP contribution in [0.2, 0.25) is 0 Å². The predicted molar refractivity (Wildman–Crippen MR) is 73.2 cm³/mol. The highest BCUT2D eigenvalue weighted by molar-refractivity contribution is 7.87. The largest absolute Gasteiger partial charge is 0.341 e. The molecule has 112 valence electrons.